The highest BCUT2D eigenvalue weighted by atomic mass is 32.2. The molecular weight excluding hydrogens is 436 g/mol. The molecular formula is C24H24N6O2S. The van der Waals surface area contributed by atoms with Crippen LogP contribution in [0.1, 0.15) is 13.8 Å². The second-order valence-corrected chi connectivity index (χ2v) is 9.19. The zero-order valence-electron chi connectivity index (χ0n) is 18.5. The summed E-state index contributed by atoms with van der Waals surface area (Å²) in [6.45, 7) is 4.33. The Morgan fingerprint density at radius 3 is 2.36 bits per heavy atom. The molecule has 0 saturated carbocycles. The number of carbonyl (C=O) groups is 1. The number of nitrogens with zero attached hydrogens (tertiary/aromatic N) is 3. The average molecular weight is 461 g/mol. The molecule has 4 aromatic rings. The molecule has 0 aliphatic carbocycles. The third-order valence-corrected chi connectivity index (χ3v) is 5.75. The van der Waals surface area contributed by atoms with Crippen LogP contribution in [0, 0.1) is 0 Å². The first-order chi connectivity index (χ1) is 15.9. The van der Waals surface area contributed by atoms with Crippen molar-refractivity contribution < 1.29 is 9.32 Å². The normalized spacial score (nSPS) is 10.9. The van der Waals surface area contributed by atoms with E-state index < -0.39 is 0 Å². The molecule has 4 N–H and O–H groups in total. The summed E-state index contributed by atoms with van der Waals surface area (Å²) in [5, 5.41) is 9.89. The topological polar surface area (TPSA) is 119 Å². The van der Waals surface area contributed by atoms with Crippen LogP contribution >= 0.6 is 11.8 Å². The van der Waals surface area contributed by atoms with Crippen LogP contribution in [0.4, 0.5) is 16.3 Å². The minimum Gasteiger partial charge on any atom is -0.382 e. The fourth-order valence-corrected chi connectivity index (χ4v) is 3.97. The minimum absolute atomic E-state index is 0.263. The molecule has 2 heterocycles. The Balaban J connectivity index is 1.57. The van der Waals surface area contributed by atoms with Crippen LogP contribution in [-0.4, -0.2) is 33.5 Å². The van der Waals surface area contributed by atoms with Crippen molar-refractivity contribution in [3.63, 3.8) is 0 Å². The van der Waals surface area contributed by atoms with Crippen molar-refractivity contribution in [2.45, 2.75) is 24.0 Å². The molecule has 33 heavy (non-hydrogen) atoms. The van der Waals surface area contributed by atoms with Gasteiger partial charge in [0.2, 0.25) is 0 Å². The Labute approximate surface area is 196 Å². The number of benzene rings is 2. The maximum atomic E-state index is 11.4. The number of nitrogens with one attached hydrogen (secondary N) is 2. The highest BCUT2D eigenvalue weighted by Gasteiger charge is 2.15. The van der Waals surface area contributed by atoms with E-state index in [2.05, 4.69) is 51.7 Å². The number of aromatic nitrogens is 3. The van der Waals surface area contributed by atoms with E-state index in [9.17, 15) is 4.79 Å². The number of hydrogen-bond donors (Lipinski definition) is 3. The van der Waals surface area contributed by atoms with Crippen molar-refractivity contribution in [1.29, 1.82) is 0 Å². The van der Waals surface area contributed by atoms with Crippen LogP contribution in [0.2, 0.25) is 0 Å². The van der Waals surface area contributed by atoms with Gasteiger partial charge in [0.25, 0.3) is 0 Å². The van der Waals surface area contributed by atoms with Crippen molar-refractivity contribution in [3.8, 4) is 34.0 Å². The standard InChI is InChI=1S/C24H24N6O2S/c1-14(2)33-18-10-6-16(7-11-18)20-13-27-23(25)22(29-20)21-12-19(30-32-21)15-4-8-17(9-5-15)28-24(31)26-3/h4-14H,1-3H3,(H2,25,27)(H2,26,28,31). The van der Waals surface area contributed by atoms with Gasteiger partial charge in [-0.1, -0.05) is 43.3 Å². The van der Waals surface area contributed by atoms with Crippen molar-refractivity contribution >= 4 is 29.3 Å². The Kier molecular flexibility index (Phi) is 6.60. The van der Waals surface area contributed by atoms with E-state index in [1.165, 1.54) is 4.90 Å². The Bertz CT molecular complexity index is 1250. The van der Waals surface area contributed by atoms with Crippen LogP contribution < -0.4 is 16.4 Å². The van der Waals surface area contributed by atoms with Crippen molar-refractivity contribution in [1.82, 2.24) is 20.4 Å². The van der Waals surface area contributed by atoms with Crippen LogP contribution in [0.15, 0.2) is 70.2 Å². The number of rotatable bonds is 6. The van der Waals surface area contributed by atoms with Gasteiger partial charge >= 0.3 is 6.03 Å². The smallest absolute Gasteiger partial charge is 0.318 e. The molecule has 0 atom stereocenters. The number of urea groups is 1. The first-order valence-corrected chi connectivity index (χ1v) is 11.3. The van der Waals surface area contributed by atoms with Gasteiger partial charge in [0, 0.05) is 40.1 Å². The van der Waals surface area contributed by atoms with Crippen LogP contribution in [-0.2, 0) is 0 Å². The number of nitrogens with two attached hydrogens (primary N) is 1. The maximum Gasteiger partial charge on any atom is 0.318 e. The molecule has 9 heteroatoms. The van der Waals surface area contributed by atoms with E-state index in [-0.39, 0.29) is 11.8 Å². The quantitative estimate of drug-likeness (QED) is 0.334. The predicted octanol–water partition coefficient (Wildman–Crippen LogP) is 5.30. The van der Waals surface area contributed by atoms with Crippen molar-refractivity contribution in [2.24, 2.45) is 0 Å². The van der Waals surface area contributed by atoms with E-state index in [1.54, 1.807) is 31.4 Å². The summed E-state index contributed by atoms with van der Waals surface area (Å²) in [5.41, 5.74) is 10.3. The molecule has 2 aromatic carbocycles. The number of anilines is 2. The van der Waals surface area contributed by atoms with E-state index >= 15 is 0 Å². The van der Waals surface area contributed by atoms with E-state index in [0.29, 0.717) is 33.8 Å². The number of thioether (sulfide) groups is 1. The van der Waals surface area contributed by atoms with Crippen LogP contribution in [0.5, 0.6) is 0 Å². The SMILES string of the molecule is CNC(=O)Nc1ccc(-c2cc(-c3nc(-c4ccc(SC(C)C)cc4)cnc3N)on2)cc1. The molecule has 2 amide bonds. The Morgan fingerprint density at radius 1 is 1.03 bits per heavy atom. The van der Waals surface area contributed by atoms with Gasteiger partial charge in [0.15, 0.2) is 17.3 Å². The molecule has 2 aromatic heterocycles. The van der Waals surface area contributed by atoms with Gasteiger partial charge in [-0.25, -0.2) is 14.8 Å². The molecule has 4 rings (SSSR count). The van der Waals surface area contributed by atoms with Crippen molar-refractivity contribution in [3.05, 3.63) is 60.8 Å². The van der Waals surface area contributed by atoms with Gasteiger partial charge in [-0.15, -0.1) is 11.8 Å². The number of nitrogen functional groups attached to an aromatic ring is 1. The largest absolute Gasteiger partial charge is 0.382 e. The molecule has 8 nitrogen and oxygen atoms in total. The fourth-order valence-electron chi connectivity index (χ4n) is 3.14. The fraction of sp³-hybridized carbons (Fsp3) is 0.167. The van der Waals surface area contributed by atoms with Gasteiger partial charge in [0.05, 0.1) is 11.9 Å². The summed E-state index contributed by atoms with van der Waals surface area (Å²) in [7, 11) is 1.56. The van der Waals surface area contributed by atoms with E-state index in [0.717, 1.165) is 11.1 Å². The summed E-state index contributed by atoms with van der Waals surface area (Å²) < 4.78 is 5.54. The predicted molar refractivity (Wildman–Crippen MR) is 132 cm³/mol. The second kappa shape index (κ2) is 9.74. The van der Waals surface area contributed by atoms with Gasteiger partial charge in [-0.3, -0.25) is 0 Å². The zero-order valence-corrected chi connectivity index (χ0v) is 19.3. The summed E-state index contributed by atoms with van der Waals surface area (Å²) in [6, 6.07) is 16.9. The first kappa shape index (κ1) is 22.3. The summed E-state index contributed by atoms with van der Waals surface area (Å²) in [6.07, 6.45) is 1.65. The highest BCUT2D eigenvalue weighted by molar-refractivity contribution is 7.99. The highest BCUT2D eigenvalue weighted by Crippen LogP contribution is 2.31. The first-order valence-electron chi connectivity index (χ1n) is 10.4. The van der Waals surface area contributed by atoms with Gasteiger partial charge in [-0.2, -0.15) is 0 Å². The molecule has 0 spiro atoms. The van der Waals surface area contributed by atoms with Gasteiger partial charge in [-0.05, 0) is 24.3 Å². The molecule has 0 radical (unpaired) electrons. The van der Waals surface area contributed by atoms with Gasteiger partial charge < -0.3 is 20.9 Å². The number of hydrogen-bond acceptors (Lipinski definition) is 7. The minimum atomic E-state index is -0.284. The summed E-state index contributed by atoms with van der Waals surface area (Å²) in [4.78, 5) is 21.6. The van der Waals surface area contributed by atoms with Crippen molar-refractivity contribution in [2.75, 3.05) is 18.1 Å². The lowest BCUT2D eigenvalue weighted by molar-refractivity contribution is 0.254. The molecule has 0 aliphatic heterocycles. The Hall–Kier alpha value is -3.85. The monoisotopic (exact) mass is 460 g/mol. The lowest BCUT2D eigenvalue weighted by Crippen LogP contribution is -2.24. The lowest BCUT2D eigenvalue weighted by Gasteiger charge is -2.07. The van der Waals surface area contributed by atoms with E-state index in [4.69, 9.17) is 10.3 Å². The molecule has 0 unspecified atom stereocenters. The van der Waals surface area contributed by atoms with Crippen LogP contribution in [0.3, 0.4) is 0 Å². The maximum absolute atomic E-state index is 11.4. The molecule has 0 fully saturated rings. The average Bonchev–Trinajstić information content (AvgIpc) is 3.30. The van der Waals surface area contributed by atoms with Gasteiger partial charge in [0.1, 0.15) is 5.69 Å². The summed E-state index contributed by atoms with van der Waals surface area (Å²) >= 11 is 1.81. The third-order valence-electron chi connectivity index (χ3n) is 4.73. The third kappa shape index (κ3) is 5.32. The summed E-state index contributed by atoms with van der Waals surface area (Å²) in [5.74, 6) is 0.690. The zero-order chi connectivity index (χ0) is 23.4. The van der Waals surface area contributed by atoms with E-state index in [1.807, 2.05) is 36.0 Å². The molecule has 0 bridgehead atoms. The number of amides is 2. The number of carbonyl (C=O) groups excluding carboxylic acids is 1. The molecule has 0 aliphatic rings. The molecule has 0 saturated heterocycles. The Morgan fingerprint density at radius 2 is 1.70 bits per heavy atom. The lowest BCUT2D eigenvalue weighted by atomic mass is 10.1. The second-order valence-electron chi connectivity index (χ2n) is 7.54. The van der Waals surface area contributed by atoms with Crippen LogP contribution in [0.25, 0.3) is 34.0 Å². The molecule has 168 valence electrons.